The van der Waals surface area contributed by atoms with Gasteiger partial charge >= 0.3 is 0 Å². The summed E-state index contributed by atoms with van der Waals surface area (Å²) in [5.74, 6) is 2.09. The van der Waals surface area contributed by atoms with E-state index in [0.29, 0.717) is 18.0 Å². The van der Waals surface area contributed by atoms with Crippen LogP contribution in [-0.2, 0) is 6.54 Å². The molecule has 5 aliphatic heterocycles. The summed E-state index contributed by atoms with van der Waals surface area (Å²) in [5, 5.41) is 4.58. The first kappa shape index (κ1) is 24.5. The number of piperidine rings is 1. The van der Waals surface area contributed by atoms with Crippen LogP contribution in [-0.4, -0.2) is 106 Å². The Labute approximate surface area is 237 Å². The minimum absolute atomic E-state index is 0.246. The van der Waals surface area contributed by atoms with Crippen molar-refractivity contribution in [2.75, 3.05) is 62.9 Å². The average molecular weight is 553 g/mol. The SMILES string of the molecule is C=Nc1cnn2cc(N3CCN(C)CC3)cc(-c3cnc(N4CC5CC(C4)N5Cc4cnc5c(c4)OCO5)nc3)c12. The van der Waals surface area contributed by atoms with Gasteiger partial charge in [0.25, 0.3) is 5.88 Å². The fraction of sp³-hybridized carbons (Fsp3) is 0.414. The summed E-state index contributed by atoms with van der Waals surface area (Å²) < 4.78 is 12.8. The smallest absolute Gasteiger partial charge is 0.260 e. The normalized spacial score (nSPS) is 22.3. The molecule has 4 saturated heterocycles. The molecule has 5 aliphatic rings. The summed E-state index contributed by atoms with van der Waals surface area (Å²) in [6.45, 7) is 10.7. The van der Waals surface area contributed by atoms with Crippen molar-refractivity contribution in [1.29, 1.82) is 0 Å². The maximum absolute atomic E-state index is 5.51. The molecule has 0 spiro atoms. The molecule has 4 aromatic rings. The number of aromatic nitrogens is 5. The second-order valence-electron chi connectivity index (χ2n) is 11.3. The molecule has 4 aromatic heterocycles. The molecule has 0 amide bonds. The van der Waals surface area contributed by atoms with Crippen LogP contribution in [0.15, 0.2) is 48.1 Å². The van der Waals surface area contributed by atoms with Gasteiger partial charge < -0.3 is 24.2 Å². The number of fused-ring (bicyclic) bond motifs is 4. The summed E-state index contributed by atoms with van der Waals surface area (Å²) in [5.41, 5.74) is 5.91. The number of piperazine rings is 2. The Hall–Kier alpha value is -4.29. The van der Waals surface area contributed by atoms with E-state index >= 15 is 0 Å². The Kier molecular flexibility index (Phi) is 5.78. The Balaban J connectivity index is 1.01. The summed E-state index contributed by atoms with van der Waals surface area (Å²) in [6, 6.07) is 5.20. The first-order valence-corrected chi connectivity index (χ1v) is 14.1. The van der Waals surface area contributed by atoms with Crippen molar-refractivity contribution in [3.8, 4) is 22.8 Å². The number of hydrogen-bond donors (Lipinski definition) is 0. The Bertz CT molecular complexity index is 1600. The van der Waals surface area contributed by atoms with Gasteiger partial charge in [-0.3, -0.25) is 9.89 Å². The van der Waals surface area contributed by atoms with Gasteiger partial charge in [0, 0.05) is 87.6 Å². The van der Waals surface area contributed by atoms with Gasteiger partial charge in [-0.05, 0) is 37.9 Å². The molecule has 12 heteroatoms. The van der Waals surface area contributed by atoms with Crippen molar-refractivity contribution in [1.82, 2.24) is 34.4 Å². The number of ether oxygens (including phenoxy) is 2. The van der Waals surface area contributed by atoms with E-state index in [0.717, 1.165) is 91.1 Å². The number of pyridine rings is 2. The highest BCUT2D eigenvalue weighted by molar-refractivity contribution is 5.90. The lowest BCUT2D eigenvalue weighted by molar-refractivity contribution is -0.00906. The quantitative estimate of drug-likeness (QED) is 0.332. The third kappa shape index (κ3) is 4.25. The number of likely N-dealkylation sites (N-methyl/N-ethyl adjacent to an activating group) is 1. The average Bonchev–Trinajstić information content (AvgIpc) is 3.66. The summed E-state index contributed by atoms with van der Waals surface area (Å²) in [7, 11) is 2.17. The van der Waals surface area contributed by atoms with Crippen molar-refractivity contribution in [3.05, 3.63) is 48.7 Å². The van der Waals surface area contributed by atoms with Crippen molar-refractivity contribution < 1.29 is 9.47 Å². The van der Waals surface area contributed by atoms with E-state index < -0.39 is 0 Å². The molecular weight excluding hydrogens is 520 g/mol. The molecule has 4 fully saturated rings. The van der Waals surface area contributed by atoms with Crippen LogP contribution in [0.25, 0.3) is 16.6 Å². The number of nitrogens with zero attached hydrogens (tertiary/aromatic N) is 10. The molecular formula is C29H32N10O2. The van der Waals surface area contributed by atoms with Gasteiger partial charge in [-0.15, -0.1) is 0 Å². The summed E-state index contributed by atoms with van der Waals surface area (Å²) >= 11 is 0. The zero-order valence-corrected chi connectivity index (χ0v) is 23.1. The van der Waals surface area contributed by atoms with Gasteiger partial charge in [0.15, 0.2) is 5.75 Å². The topological polar surface area (TPSA) is 99.8 Å². The van der Waals surface area contributed by atoms with Gasteiger partial charge in [-0.2, -0.15) is 5.10 Å². The predicted molar refractivity (Wildman–Crippen MR) is 155 cm³/mol. The van der Waals surface area contributed by atoms with Gasteiger partial charge in [0.2, 0.25) is 12.7 Å². The molecule has 210 valence electrons. The fourth-order valence-electron chi connectivity index (χ4n) is 6.53. The number of aliphatic imine (C=N–C) groups is 1. The van der Waals surface area contributed by atoms with Crippen LogP contribution in [0, 0.1) is 0 Å². The molecule has 41 heavy (non-hydrogen) atoms. The lowest BCUT2D eigenvalue weighted by Gasteiger charge is -2.56. The van der Waals surface area contributed by atoms with E-state index in [4.69, 9.17) is 19.4 Å². The van der Waals surface area contributed by atoms with E-state index in [2.05, 4.69) is 60.7 Å². The second kappa shape index (κ2) is 9.67. The first-order valence-electron chi connectivity index (χ1n) is 14.1. The number of hydrogen-bond acceptors (Lipinski definition) is 11. The van der Waals surface area contributed by atoms with Crippen LogP contribution in [0.3, 0.4) is 0 Å². The third-order valence-electron chi connectivity index (χ3n) is 8.84. The van der Waals surface area contributed by atoms with E-state index in [1.807, 2.05) is 29.2 Å². The highest BCUT2D eigenvalue weighted by atomic mass is 16.7. The largest absolute Gasteiger partial charge is 0.452 e. The molecule has 9 heterocycles. The molecule has 12 nitrogen and oxygen atoms in total. The van der Waals surface area contributed by atoms with E-state index in [-0.39, 0.29) is 6.79 Å². The summed E-state index contributed by atoms with van der Waals surface area (Å²) in [6.07, 6.45) is 10.8. The zero-order chi connectivity index (χ0) is 27.5. The van der Waals surface area contributed by atoms with Crippen LogP contribution in [0.4, 0.5) is 17.3 Å². The van der Waals surface area contributed by atoms with Crippen LogP contribution in [0.5, 0.6) is 11.6 Å². The van der Waals surface area contributed by atoms with Crippen LogP contribution in [0.1, 0.15) is 12.0 Å². The van der Waals surface area contributed by atoms with Crippen LogP contribution in [0.2, 0.25) is 0 Å². The minimum Gasteiger partial charge on any atom is -0.452 e. The monoisotopic (exact) mass is 552 g/mol. The first-order chi connectivity index (χ1) is 20.1. The Morgan fingerprint density at radius 1 is 0.951 bits per heavy atom. The lowest BCUT2D eigenvalue weighted by Crippen LogP contribution is -2.68. The molecule has 0 aromatic carbocycles. The molecule has 2 unspecified atom stereocenters. The predicted octanol–water partition coefficient (Wildman–Crippen LogP) is 2.46. The van der Waals surface area contributed by atoms with Crippen molar-refractivity contribution in [3.63, 3.8) is 0 Å². The molecule has 2 atom stereocenters. The standard InChI is InChI=1S/C29H32N10O2/c1-30-25-13-34-39-17-21(36-5-3-35(2)4-6-36)9-24(27(25)39)20-11-32-29(33-12-20)37-15-22-8-23(16-37)38(22)14-19-7-26-28(31-10-19)41-18-40-26/h7,9-13,17,22-23H,1,3-6,8,14-16,18H2,2H3. The van der Waals surface area contributed by atoms with Crippen molar-refractivity contribution in [2.45, 2.75) is 25.0 Å². The van der Waals surface area contributed by atoms with E-state index in [1.165, 1.54) is 6.42 Å². The van der Waals surface area contributed by atoms with Crippen LogP contribution < -0.4 is 19.3 Å². The van der Waals surface area contributed by atoms with Gasteiger partial charge in [-0.25, -0.2) is 19.5 Å². The Morgan fingerprint density at radius 3 is 2.54 bits per heavy atom. The third-order valence-corrected chi connectivity index (χ3v) is 8.84. The highest BCUT2D eigenvalue weighted by Gasteiger charge is 2.45. The molecule has 2 bridgehead atoms. The van der Waals surface area contributed by atoms with Gasteiger partial charge in [0.1, 0.15) is 5.69 Å². The van der Waals surface area contributed by atoms with Gasteiger partial charge in [-0.1, -0.05) is 0 Å². The zero-order valence-electron chi connectivity index (χ0n) is 23.1. The second-order valence-corrected chi connectivity index (χ2v) is 11.3. The molecule has 0 saturated carbocycles. The number of rotatable bonds is 6. The summed E-state index contributed by atoms with van der Waals surface area (Å²) in [4.78, 5) is 27.9. The van der Waals surface area contributed by atoms with E-state index in [9.17, 15) is 0 Å². The van der Waals surface area contributed by atoms with Crippen molar-refractivity contribution >= 4 is 29.6 Å². The molecule has 9 rings (SSSR count). The lowest BCUT2D eigenvalue weighted by atomic mass is 9.87. The molecule has 0 radical (unpaired) electrons. The van der Waals surface area contributed by atoms with Crippen molar-refractivity contribution in [2.24, 2.45) is 4.99 Å². The van der Waals surface area contributed by atoms with Gasteiger partial charge in [0.05, 0.1) is 23.6 Å². The van der Waals surface area contributed by atoms with Crippen LogP contribution >= 0.6 is 0 Å². The minimum atomic E-state index is 0.246. The Morgan fingerprint density at radius 2 is 1.76 bits per heavy atom. The maximum Gasteiger partial charge on any atom is 0.260 e. The maximum atomic E-state index is 5.51. The molecule has 0 aliphatic carbocycles. The fourth-order valence-corrected chi connectivity index (χ4v) is 6.53. The molecule has 0 N–H and O–H groups in total. The number of anilines is 2. The highest BCUT2D eigenvalue weighted by Crippen LogP contribution is 2.38. The van der Waals surface area contributed by atoms with E-state index in [1.54, 1.807) is 6.20 Å².